The van der Waals surface area contributed by atoms with Crippen molar-refractivity contribution in [3.05, 3.63) is 211 Å². The van der Waals surface area contributed by atoms with Crippen LogP contribution in [0.15, 0.2) is 210 Å². The van der Waals surface area contributed by atoms with Gasteiger partial charge in [0.05, 0.1) is 27.8 Å². The first-order valence-electron chi connectivity index (χ1n) is 19.1. The molecule has 0 amide bonds. The Balaban J connectivity index is 1.31. The van der Waals surface area contributed by atoms with Gasteiger partial charge >= 0.3 is 0 Å². The third-order valence-corrected chi connectivity index (χ3v) is 11.0. The van der Waals surface area contributed by atoms with E-state index in [1.54, 1.807) is 0 Å². The lowest BCUT2D eigenvalue weighted by atomic mass is 9.95. The lowest BCUT2D eigenvalue weighted by Gasteiger charge is -2.24. The molecule has 264 valence electrons. The molecule has 0 radical (unpaired) electrons. The molecule has 2 aromatic heterocycles. The average molecular weight is 718 g/mol. The first kappa shape index (κ1) is 32.0. The van der Waals surface area contributed by atoms with Gasteiger partial charge in [-0.2, -0.15) is 4.99 Å². The van der Waals surface area contributed by atoms with Crippen LogP contribution in [-0.2, 0) is 0 Å². The fourth-order valence-corrected chi connectivity index (χ4v) is 8.51. The first-order chi connectivity index (χ1) is 27.8. The molecule has 3 heterocycles. The van der Waals surface area contributed by atoms with Crippen LogP contribution in [0.3, 0.4) is 0 Å². The SMILES string of the molecule is c1ccc(C2=NC(n3c4ccccc4c4ccc5c6ccccc6n(-c6c(-c7ccccc7)cccc6-c6ccccc6)c5c43)=NC(c3ccccc3)N2)cc1. The van der Waals surface area contributed by atoms with Crippen LogP contribution < -0.4 is 5.32 Å². The zero-order valence-corrected chi connectivity index (χ0v) is 30.4. The number of rotatable bonds is 5. The molecule has 5 nitrogen and oxygen atoms in total. The summed E-state index contributed by atoms with van der Waals surface area (Å²) in [7, 11) is 0. The van der Waals surface area contributed by atoms with Crippen LogP contribution in [0.5, 0.6) is 0 Å². The maximum Gasteiger partial charge on any atom is 0.234 e. The van der Waals surface area contributed by atoms with Crippen molar-refractivity contribution in [2.45, 2.75) is 6.17 Å². The molecule has 1 aliphatic heterocycles. The van der Waals surface area contributed by atoms with E-state index in [1.165, 1.54) is 10.8 Å². The van der Waals surface area contributed by atoms with Crippen molar-refractivity contribution in [2.75, 3.05) is 0 Å². The number of nitrogens with zero attached hydrogens (tertiary/aromatic N) is 4. The van der Waals surface area contributed by atoms with E-state index >= 15 is 0 Å². The Hall–Kier alpha value is -7.50. The second-order valence-electron chi connectivity index (χ2n) is 14.2. The van der Waals surface area contributed by atoms with Gasteiger partial charge in [-0.1, -0.05) is 188 Å². The van der Waals surface area contributed by atoms with Crippen LogP contribution in [0.25, 0.3) is 71.6 Å². The molecule has 5 heteroatoms. The summed E-state index contributed by atoms with van der Waals surface area (Å²) in [5.41, 5.74) is 12.2. The quantitative estimate of drug-likeness (QED) is 0.189. The number of aromatic nitrogens is 2. The Morgan fingerprint density at radius 1 is 0.393 bits per heavy atom. The molecular weight excluding hydrogens is 683 g/mol. The van der Waals surface area contributed by atoms with E-state index in [0.717, 1.165) is 77.7 Å². The lowest BCUT2D eigenvalue weighted by molar-refractivity contribution is 0.668. The van der Waals surface area contributed by atoms with Gasteiger partial charge in [0.15, 0.2) is 0 Å². The van der Waals surface area contributed by atoms with Crippen LogP contribution >= 0.6 is 0 Å². The minimum absolute atomic E-state index is 0.344. The van der Waals surface area contributed by atoms with Crippen LogP contribution in [0.1, 0.15) is 17.3 Å². The maximum atomic E-state index is 5.44. The van der Waals surface area contributed by atoms with Crippen LogP contribution in [-0.4, -0.2) is 20.9 Å². The number of nitrogens with one attached hydrogen (secondary N) is 1. The zero-order valence-electron chi connectivity index (χ0n) is 30.4. The summed E-state index contributed by atoms with van der Waals surface area (Å²) >= 11 is 0. The topological polar surface area (TPSA) is 46.6 Å². The van der Waals surface area contributed by atoms with Crippen LogP contribution in [0, 0.1) is 0 Å². The molecule has 1 atom stereocenters. The van der Waals surface area contributed by atoms with Crippen molar-refractivity contribution < 1.29 is 0 Å². The average Bonchev–Trinajstić information content (AvgIpc) is 3.80. The third kappa shape index (κ3) is 5.09. The van der Waals surface area contributed by atoms with Crippen LogP contribution in [0.2, 0.25) is 0 Å². The number of aliphatic imine (C=N–C) groups is 2. The molecule has 1 aliphatic rings. The standard InChI is InChI=1S/C51H35N5/c1-5-18-34(19-6-1)38-28-17-29-39(35-20-7-2-8-21-35)46(38)55-44-30-15-13-26-40(44)42-32-33-43-41-27-14-16-31-45(41)56(48(43)47(42)55)51-53-49(36-22-9-3-10-23-36)52-50(54-51)37-24-11-4-12-25-37/h1-33,49H,(H,52,53,54). The Kier molecular flexibility index (Phi) is 7.49. The highest BCUT2D eigenvalue weighted by Crippen LogP contribution is 2.45. The van der Waals surface area contributed by atoms with Crippen LogP contribution in [0.4, 0.5) is 0 Å². The van der Waals surface area contributed by atoms with Crippen molar-refractivity contribution in [3.8, 4) is 27.9 Å². The number of fused-ring (bicyclic) bond motifs is 7. The largest absolute Gasteiger partial charge is 0.344 e. The monoisotopic (exact) mass is 717 g/mol. The summed E-state index contributed by atoms with van der Waals surface area (Å²) < 4.78 is 4.81. The number of hydrogen-bond acceptors (Lipinski definition) is 3. The fourth-order valence-electron chi connectivity index (χ4n) is 8.51. The number of benzene rings is 8. The molecule has 0 bridgehead atoms. The van der Waals surface area contributed by atoms with Gasteiger partial charge in [0.2, 0.25) is 5.96 Å². The summed E-state index contributed by atoms with van der Waals surface area (Å²) in [4.78, 5) is 10.8. The second-order valence-corrected chi connectivity index (χ2v) is 14.2. The van der Waals surface area contributed by atoms with E-state index in [-0.39, 0.29) is 6.17 Å². The highest BCUT2D eigenvalue weighted by Gasteiger charge is 2.28. The van der Waals surface area contributed by atoms with Gasteiger partial charge in [0, 0.05) is 38.2 Å². The molecule has 10 aromatic rings. The molecule has 0 aliphatic carbocycles. The van der Waals surface area contributed by atoms with Crippen molar-refractivity contribution in [2.24, 2.45) is 9.98 Å². The predicted octanol–water partition coefficient (Wildman–Crippen LogP) is 12.2. The molecule has 0 spiro atoms. The predicted molar refractivity (Wildman–Crippen MR) is 233 cm³/mol. The minimum atomic E-state index is -0.344. The molecule has 0 saturated heterocycles. The van der Waals surface area contributed by atoms with Crippen molar-refractivity contribution in [3.63, 3.8) is 0 Å². The fraction of sp³-hybridized carbons (Fsp3) is 0.0196. The summed E-state index contributed by atoms with van der Waals surface area (Å²) in [5, 5.41) is 8.31. The van der Waals surface area contributed by atoms with E-state index in [0.29, 0.717) is 5.96 Å². The smallest absolute Gasteiger partial charge is 0.234 e. The molecule has 11 rings (SSSR count). The van der Waals surface area contributed by atoms with E-state index in [2.05, 4.69) is 203 Å². The Morgan fingerprint density at radius 3 is 1.43 bits per heavy atom. The molecule has 1 N–H and O–H groups in total. The van der Waals surface area contributed by atoms with E-state index in [4.69, 9.17) is 9.98 Å². The zero-order chi connectivity index (χ0) is 37.0. The highest BCUT2D eigenvalue weighted by molar-refractivity contribution is 6.27. The van der Waals surface area contributed by atoms with Gasteiger partial charge in [-0.15, -0.1) is 0 Å². The van der Waals surface area contributed by atoms with Gasteiger partial charge in [-0.3, -0.25) is 4.57 Å². The summed E-state index contributed by atoms with van der Waals surface area (Å²) in [5.74, 6) is 1.41. The van der Waals surface area contributed by atoms with Gasteiger partial charge in [-0.25, -0.2) is 4.99 Å². The summed E-state index contributed by atoms with van der Waals surface area (Å²) in [6.45, 7) is 0. The van der Waals surface area contributed by atoms with Gasteiger partial charge in [-0.05, 0) is 28.8 Å². The minimum Gasteiger partial charge on any atom is -0.344 e. The maximum absolute atomic E-state index is 5.44. The van der Waals surface area contributed by atoms with Gasteiger partial charge in [0.25, 0.3) is 0 Å². The Morgan fingerprint density at radius 2 is 0.857 bits per heavy atom. The molecule has 1 unspecified atom stereocenters. The first-order valence-corrected chi connectivity index (χ1v) is 19.1. The Labute approximate surface area is 324 Å². The van der Waals surface area contributed by atoms with Crippen molar-refractivity contribution in [1.82, 2.24) is 14.5 Å². The molecule has 8 aromatic carbocycles. The van der Waals surface area contributed by atoms with Gasteiger partial charge in [0.1, 0.15) is 12.0 Å². The number of para-hydroxylation sites is 3. The molecular formula is C51H35N5. The molecule has 0 fully saturated rings. The van der Waals surface area contributed by atoms with E-state index < -0.39 is 0 Å². The lowest BCUT2D eigenvalue weighted by Crippen LogP contribution is -2.35. The molecule has 0 saturated carbocycles. The Bertz CT molecular complexity index is 3080. The number of hydrogen-bond donors (Lipinski definition) is 1. The van der Waals surface area contributed by atoms with Gasteiger partial charge < -0.3 is 9.88 Å². The van der Waals surface area contributed by atoms with E-state index in [1.807, 2.05) is 12.1 Å². The summed E-state index contributed by atoms with van der Waals surface area (Å²) in [6, 6.07) is 71.0. The second kappa shape index (κ2) is 13.1. The normalized spacial score (nSPS) is 14.2. The van der Waals surface area contributed by atoms with Crippen molar-refractivity contribution in [1.29, 1.82) is 0 Å². The highest BCUT2D eigenvalue weighted by atomic mass is 15.3. The van der Waals surface area contributed by atoms with Crippen molar-refractivity contribution >= 4 is 55.4 Å². The van der Waals surface area contributed by atoms with E-state index in [9.17, 15) is 0 Å². The summed E-state index contributed by atoms with van der Waals surface area (Å²) in [6.07, 6.45) is -0.344. The third-order valence-electron chi connectivity index (χ3n) is 11.0. The number of amidine groups is 1. The molecule has 56 heavy (non-hydrogen) atoms.